The summed E-state index contributed by atoms with van der Waals surface area (Å²) in [6, 6.07) is 26.4. The summed E-state index contributed by atoms with van der Waals surface area (Å²) in [4.78, 5) is 0. The largest absolute Gasteiger partial charge is 0.497 e. The summed E-state index contributed by atoms with van der Waals surface area (Å²) in [5, 5.41) is 12.3. The molecule has 0 amide bonds. The molecular formula is C23H22N4O. The highest BCUT2D eigenvalue weighted by molar-refractivity contribution is 5.62. The van der Waals surface area contributed by atoms with Gasteiger partial charge in [0.15, 0.2) is 5.82 Å². The standard InChI is InChI=1S/C23H22N4O/c1-17-8-12-20(13-9-17)24-23-26-25-22(19-10-14-21(28-2)15-11-19)27(23)16-18-6-4-3-5-7-18/h3-15H,16H2,1-2H3,(H,24,26). The number of aryl methyl sites for hydroxylation is 1. The summed E-state index contributed by atoms with van der Waals surface area (Å²) >= 11 is 0. The third-order valence-electron chi connectivity index (χ3n) is 4.59. The minimum Gasteiger partial charge on any atom is -0.497 e. The van der Waals surface area contributed by atoms with E-state index in [9.17, 15) is 0 Å². The van der Waals surface area contributed by atoms with Crippen LogP contribution < -0.4 is 10.1 Å². The first-order chi connectivity index (χ1) is 13.7. The second-order valence-corrected chi connectivity index (χ2v) is 6.64. The van der Waals surface area contributed by atoms with Crippen molar-refractivity contribution in [1.82, 2.24) is 14.8 Å². The van der Waals surface area contributed by atoms with Crippen molar-refractivity contribution in [2.75, 3.05) is 12.4 Å². The first-order valence-corrected chi connectivity index (χ1v) is 9.18. The number of benzene rings is 3. The van der Waals surface area contributed by atoms with E-state index in [-0.39, 0.29) is 0 Å². The number of ether oxygens (including phenoxy) is 1. The monoisotopic (exact) mass is 370 g/mol. The zero-order chi connectivity index (χ0) is 19.3. The topological polar surface area (TPSA) is 52.0 Å². The van der Waals surface area contributed by atoms with Crippen molar-refractivity contribution >= 4 is 11.6 Å². The van der Waals surface area contributed by atoms with Crippen LogP contribution in [-0.2, 0) is 6.54 Å². The van der Waals surface area contributed by atoms with E-state index in [1.54, 1.807) is 7.11 Å². The second-order valence-electron chi connectivity index (χ2n) is 6.64. The van der Waals surface area contributed by atoms with Crippen molar-refractivity contribution in [1.29, 1.82) is 0 Å². The second kappa shape index (κ2) is 7.96. The Hall–Kier alpha value is -3.60. The van der Waals surface area contributed by atoms with Gasteiger partial charge in [0.1, 0.15) is 5.75 Å². The Labute approximate surface area is 164 Å². The van der Waals surface area contributed by atoms with Crippen LogP contribution in [0.5, 0.6) is 5.75 Å². The first-order valence-electron chi connectivity index (χ1n) is 9.18. The number of methoxy groups -OCH3 is 1. The van der Waals surface area contributed by atoms with Crippen LogP contribution in [0.1, 0.15) is 11.1 Å². The molecule has 3 aromatic carbocycles. The van der Waals surface area contributed by atoms with Crippen molar-refractivity contribution in [3.63, 3.8) is 0 Å². The summed E-state index contributed by atoms with van der Waals surface area (Å²) in [5.74, 6) is 2.33. The van der Waals surface area contributed by atoms with Gasteiger partial charge in [-0.2, -0.15) is 0 Å². The van der Waals surface area contributed by atoms with Gasteiger partial charge in [0.25, 0.3) is 0 Å². The number of hydrogen-bond donors (Lipinski definition) is 1. The molecule has 0 aliphatic heterocycles. The molecule has 4 rings (SSSR count). The Morgan fingerprint density at radius 1 is 0.857 bits per heavy atom. The highest BCUT2D eigenvalue weighted by Gasteiger charge is 2.15. The number of aromatic nitrogens is 3. The summed E-state index contributed by atoms with van der Waals surface area (Å²) in [6.07, 6.45) is 0. The van der Waals surface area contributed by atoms with Gasteiger partial charge in [0.2, 0.25) is 5.95 Å². The van der Waals surface area contributed by atoms with Gasteiger partial charge in [0.05, 0.1) is 13.7 Å². The minimum absolute atomic E-state index is 0.670. The van der Waals surface area contributed by atoms with Crippen molar-refractivity contribution in [2.45, 2.75) is 13.5 Å². The molecule has 0 unspecified atom stereocenters. The maximum atomic E-state index is 5.27. The Balaban J connectivity index is 1.72. The molecule has 5 nitrogen and oxygen atoms in total. The molecule has 4 aromatic rings. The summed E-state index contributed by atoms with van der Waals surface area (Å²) in [7, 11) is 1.66. The molecule has 0 atom stereocenters. The zero-order valence-electron chi connectivity index (χ0n) is 16.0. The smallest absolute Gasteiger partial charge is 0.229 e. The first kappa shape index (κ1) is 17.8. The van der Waals surface area contributed by atoms with Gasteiger partial charge in [-0.05, 0) is 48.9 Å². The normalized spacial score (nSPS) is 10.6. The van der Waals surface area contributed by atoms with Crippen LogP contribution in [0.2, 0.25) is 0 Å². The molecule has 0 aliphatic carbocycles. The molecule has 0 aliphatic rings. The molecule has 1 heterocycles. The van der Waals surface area contributed by atoms with Gasteiger partial charge in [-0.15, -0.1) is 10.2 Å². The van der Waals surface area contributed by atoms with Crippen LogP contribution in [0, 0.1) is 6.92 Å². The lowest BCUT2D eigenvalue weighted by Crippen LogP contribution is -2.07. The highest BCUT2D eigenvalue weighted by Crippen LogP contribution is 2.26. The lowest BCUT2D eigenvalue weighted by Gasteiger charge is -2.12. The minimum atomic E-state index is 0.670. The van der Waals surface area contributed by atoms with Crippen molar-refractivity contribution in [2.24, 2.45) is 0 Å². The van der Waals surface area contributed by atoms with Crippen LogP contribution in [0.15, 0.2) is 78.9 Å². The average Bonchev–Trinajstić information content (AvgIpc) is 3.12. The van der Waals surface area contributed by atoms with Crippen molar-refractivity contribution in [3.8, 4) is 17.1 Å². The molecule has 1 aromatic heterocycles. The van der Waals surface area contributed by atoms with E-state index >= 15 is 0 Å². The fourth-order valence-electron chi connectivity index (χ4n) is 3.03. The van der Waals surface area contributed by atoms with E-state index in [2.05, 4.69) is 51.3 Å². The summed E-state index contributed by atoms with van der Waals surface area (Å²) < 4.78 is 7.36. The van der Waals surface area contributed by atoms with Gasteiger partial charge < -0.3 is 10.1 Å². The van der Waals surface area contributed by atoms with Crippen molar-refractivity contribution < 1.29 is 4.74 Å². The molecule has 1 N–H and O–H groups in total. The molecule has 140 valence electrons. The molecule has 0 saturated carbocycles. The van der Waals surface area contributed by atoms with E-state index < -0.39 is 0 Å². The number of rotatable bonds is 6. The summed E-state index contributed by atoms with van der Waals surface area (Å²) in [6.45, 7) is 2.74. The fraction of sp³-hybridized carbons (Fsp3) is 0.130. The lowest BCUT2D eigenvalue weighted by molar-refractivity contribution is 0.415. The van der Waals surface area contributed by atoms with E-state index in [1.165, 1.54) is 11.1 Å². The zero-order valence-corrected chi connectivity index (χ0v) is 16.0. The number of nitrogens with zero attached hydrogens (tertiary/aromatic N) is 3. The number of nitrogens with one attached hydrogen (secondary N) is 1. The Morgan fingerprint density at radius 3 is 2.25 bits per heavy atom. The molecule has 5 heteroatoms. The van der Waals surface area contributed by atoms with Crippen LogP contribution in [0.25, 0.3) is 11.4 Å². The molecule has 0 bridgehead atoms. The van der Waals surface area contributed by atoms with Gasteiger partial charge in [-0.25, -0.2) is 0 Å². The van der Waals surface area contributed by atoms with Gasteiger partial charge in [-0.1, -0.05) is 48.0 Å². The quantitative estimate of drug-likeness (QED) is 0.516. The van der Waals surface area contributed by atoms with Crippen LogP contribution in [0.3, 0.4) is 0 Å². The Morgan fingerprint density at radius 2 is 1.57 bits per heavy atom. The Bertz CT molecular complexity index is 1040. The third kappa shape index (κ3) is 3.88. The SMILES string of the molecule is COc1ccc(-c2nnc(Nc3ccc(C)cc3)n2Cc2ccccc2)cc1. The fourth-order valence-corrected chi connectivity index (χ4v) is 3.03. The van der Waals surface area contributed by atoms with Crippen LogP contribution in [0.4, 0.5) is 11.6 Å². The lowest BCUT2D eigenvalue weighted by atomic mass is 10.2. The van der Waals surface area contributed by atoms with Crippen LogP contribution in [-0.4, -0.2) is 21.9 Å². The molecule has 0 spiro atoms. The highest BCUT2D eigenvalue weighted by atomic mass is 16.5. The molecule has 0 radical (unpaired) electrons. The van der Waals surface area contributed by atoms with Crippen molar-refractivity contribution in [3.05, 3.63) is 90.0 Å². The van der Waals surface area contributed by atoms with Gasteiger partial charge in [-0.3, -0.25) is 4.57 Å². The molecule has 0 saturated heterocycles. The molecule has 28 heavy (non-hydrogen) atoms. The summed E-state index contributed by atoms with van der Waals surface area (Å²) in [5.41, 5.74) is 4.37. The van der Waals surface area contributed by atoms with E-state index in [0.717, 1.165) is 22.8 Å². The average molecular weight is 370 g/mol. The predicted octanol–water partition coefficient (Wildman–Crippen LogP) is 5.05. The maximum Gasteiger partial charge on any atom is 0.229 e. The maximum absolute atomic E-state index is 5.27. The predicted molar refractivity (Wildman–Crippen MR) is 112 cm³/mol. The number of hydrogen-bond acceptors (Lipinski definition) is 4. The Kier molecular flexibility index (Phi) is 5.06. The molecule has 0 fully saturated rings. The van der Waals surface area contributed by atoms with Gasteiger partial charge in [0, 0.05) is 11.3 Å². The van der Waals surface area contributed by atoms with E-state index in [4.69, 9.17) is 4.74 Å². The van der Waals surface area contributed by atoms with Crippen LogP contribution >= 0.6 is 0 Å². The van der Waals surface area contributed by atoms with E-state index in [0.29, 0.717) is 12.5 Å². The van der Waals surface area contributed by atoms with E-state index in [1.807, 2.05) is 54.6 Å². The number of anilines is 2. The van der Waals surface area contributed by atoms with Gasteiger partial charge >= 0.3 is 0 Å². The molecular weight excluding hydrogens is 348 g/mol. The third-order valence-corrected chi connectivity index (χ3v) is 4.59.